The number of carbonyl (C=O) groups is 1. The number of benzene rings is 1. The number of hydrogen-bond donors (Lipinski definition) is 1. The van der Waals surface area contributed by atoms with Crippen LogP contribution in [0.3, 0.4) is 0 Å². The van der Waals surface area contributed by atoms with E-state index >= 15 is 0 Å². The Balaban J connectivity index is 1.76. The summed E-state index contributed by atoms with van der Waals surface area (Å²) in [7, 11) is 0. The second-order valence-corrected chi connectivity index (χ2v) is 5.22. The van der Waals surface area contributed by atoms with Crippen LogP contribution in [-0.2, 0) is 9.53 Å². The van der Waals surface area contributed by atoms with E-state index in [9.17, 15) is 9.90 Å². The van der Waals surface area contributed by atoms with Crippen LogP contribution in [0.15, 0.2) is 30.3 Å². The van der Waals surface area contributed by atoms with Crippen LogP contribution in [0.4, 0.5) is 0 Å². The molecule has 1 aromatic carbocycles. The van der Waals surface area contributed by atoms with Crippen LogP contribution in [-0.4, -0.2) is 23.8 Å². The molecule has 3 nitrogen and oxygen atoms in total. The lowest BCUT2D eigenvalue weighted by molar-refractivity contribution is -0.139. The molecule has 19 heavy (non-hydrogen) atoms. The largest absolute Gasteiger partial charge is 0.481 e. The molecule has 0 aliphatic carbocycles. The molecular formula is C16H22O3. The van der Waals surface area contributed by atoms with E-state index in [1.165, 1.54) is 12.8 Å². The van der Waals surface area contributed by atoms with Crippen molar-refractivity contribution >= 4 is 5.97 Å². The summed E-state index contributed by atoms with van der Waals surface area (Å²) in [4.78, 5) is 11.3. The fourth-order valence-corrected chi connectivity index (χ4v) is 2.71. The molecule has 1 saturated heterocycles. The van der Waals surface area contributed by atoms with Crippen LogP contribution in [0.25, 0.3) is 0 Å². The second-order valence-electron chi connectivity index (χ2n) is 5.22. The first-order valence-electron chi connectivity index (χ1n) is 7.16. The fraction of sp³-hybridized carbons (Fsp3) is 0.562. The zero-order chi connectivity index (χ0) is 13.5. The predicted octanol–water partition coefficient (Wildman–Crippen LogP) is 3.59. The monoisotopic (exact) mass is 262 g/mol. The van der Waals surface area contributed by atoms with Crippen molar-refractivity contribution in [3.8, 4) is 0 Å². The summed E-state index contributed by atoms with van der Waals surface area (Å²) in [6.45, 7) is 0.895. The minimum atomic E-state index is -0.719. The first-order valence-corrected chi connectivity index (χ1v) is 7.16. The molecule has 2 rings (SSSR count). The maximum atomic E-state index is 11.3. The number of rotatable bonds is 7. The van der Waals surface area contributed by atoms with Crippen LogP contribution < -0.4 is 0 Å². The van der Waals surface area contributed by atoms with Crippen LogP contribution >= 0.6 is 0 Å². The first kappa shape index (κ1) is 14.1. The summed E-state index contributed by atoms with van der Waals surface area (Å²) in [5.74, 6) is -1.09. The lowest BCUT2D eigenvalue weighted by Crippen LogP contribution is -2.12. The highest BCUT2D eigenvalue weighted by atomic mass is 16.5. The van der Waals surface area contributed by atoms with Crippen LogP contribution in [0.1, 0.15) is 50.0 Å². The molecule has 1 fully saturated rings. The number of aliphatic carboxylic acids is 1. The van der Waals surface area contributed by atoms with Gasteiger partial charge in [-0.1, -0.05) is 43.2 Å². The Morgan fingerprint density at radius 3 is 2.74 bits per heavy atom. The number of carboxylic acid groups (broad SMARTS) is 1. The highest BCUT2D eigenvalue weighted by Crippen LogP contribution is 2.24. The van der Waals surface area contributed by atoms with Crippen molar-refractivity contribution in [2.75, 3.05) is 6.61 Å². The fourth-order valence-electron chi connectivity index (χ4n) is 2.71. The van der Waals surface area contributed by atoms with Gasteiger partial charge in [0, 0.05) is 6.61 Å². The molecule has 2 unspecified atom stereocenters. The molecule has 0 spiro atoms. The van der Waals surface area contributed by atoms with E-state index in [2.05, 4.69) is 0 Å². The van der Waals surface area contributed by atoms with Gasteiger partial charge in [0.1, 0.15) is 0 Å². The summed E-state index contributed by atoms with van der Waals surface area (Å²) >= 11 is 0. The zero-order valence-electron chi connectivity index (χ0n) is 11.3. The van der Waals surface area contributed by atoms with Gasteiger partial charge < -0.3 is 9.84 Å². The Morgan fingerprint density at radius 2 is 2.11 bits per heavy atom. The Bertz CT molecular complexity index is 382. The van der Waals surface area contributed by atoms with E-state index in [4.69, 9.17) is 4.74 Å². The Morgan fingerprint density at radius 1 is 1.32 bits per heavy atom. The number of carboxylic acids is 1. The van der Waals surface area contributed by atoms with Crippen LogP contribution in [0.5, 0.6) is 0 Å². The predicted molar refractivity (Wildman–Crippen MR) is 74.3 cm³/mol. The third-order valence-corrected chi connectivity index (χ3v) is 3.79. The Hall–Kier alpha value is -1.35. The van der Waals surface area contributed by atoms with Gasteiger partial charge in [-0.2, -0.15) is 0 Å². The maximum absolute atomic E-state index is 11.3. The third-order valence-electron chi connectivity index (χ3n) is 3.79. The van der Waals surface area contributed by atoms with E-state index in [0.717, 1.165) is 31.4 Å². The smallest absolute Gasteiger partial charge is 0.310 e. The first-order chi connectivity index (χ1) is 9.27. The van der Waals surface area contributed by atoms with Crippen molar-refractivity contribution < 1.29 is 14.6 Å². The minimum Gasteiger partial charge on any atom is -0.481 e. The summed E-state index contributed by atoms with van der Waals surface area (Å²) in [5.41, 5.74) is 0.909. The minimum absolute atomic E-state index is 0.370. The zero-order valence-corrected chi connectivity index (χ0v) is 11.3. The van der Waals surface area contributed by atoms with Crippen molar-refractivity contribution in [1.29, 1.82) is 0 Å². The molecule has 1 aliphatic rings. The standard InChI is InChI=1S/C16H22O3/c17-16(18)15(13-7-2-1-3-8-13)11-5-4-9-14-10-6-12-19-14/h1-3,7-8,14-15H,4-6,9-12H2,(H,17,18). The van der Waals surface area contributed by atoms with E-state index in [0.29, 0.717) is 12.5 Å². The molecule has 0 saturated carbocycles. The number of unbranched alkanes of at least 4 members (excludes halogenated alkanes) is 1. The van der Waals surface area contributed by atoms with Gasteiger partial charge in [-0.15, -0.1) is 0 Å². The lowest BCUT2D eigenvalue weighted by Gasteiger charge is -2.13. The van der Waals surface area contributed by atoms with Crippen LogP contribution in [0, 0.1) is 0 Å². The molecule has 1 N–H and O–H groups in total. The average molecular weight is 262 g/mol. The van der Waals surface area contributed by atoms with E-state index in [1.54, 1.807) is 0 Å². The molecule has 1 heterocycles. The van der Waals surface area contributed by atoms with E-state index in [-0.39, 0.29) is 5.92 Å². The van der Waals surface area contributed by atoms with Crippen molar-refractivity contribution in [1.82, 2.24) is 0 Å². The summed E-state index contributed by atoms with van der Waals surface area (Å²) in [6.07, 6.45) is 6.55. The van der Waals surface area contributed by atoms with Crippen molar-refractivity contribution in [3.05, 3.63) is 35.9 Å². The van der Waals surface area contributed by atoms with Crippen molar-refractivity contribution in [3.63, 3.8) is 0 Å². The van der Waals surface area contributed by atoms with Crippen molar-refractivity contribution in [2.24, 2.45) is 0 Å². The van der Waals surface area contributed by atoms with Gasteiger partial charge in [0.2, 0.25) is 0 Å². The van der Waals surface area contributed by atoms with Gasteiger partial charge in [0.15, 0.2) is 0 Å². The topological polar surface area (TPSA) is 46.5 Å². The maximum Gasteiger partial charge on any atom is 0.310 e. The van der Waals surface area contributed by atoms with Crippen LogP contribution in [0.2, 0.25) is 0 Å². The molecule has 1 aromatic rings. The lowest BCUT2D eigenvalue weighted by atomic mass is 9.93. The Kier molecular flexibility index (Phi) is 5.40. The highest BCUT2D eigenvalue weighted by Gasteiger charge is 2.20. The molecule has 1 aliphatic heterocycles. The average Bonchev–Trinajstić information content (AvgIpc) is 2.92. The molecule has 3 heteroatoms. The highest BCUT2D eigenvalue weighted by molar-refractivity contribution is 5.75. The normalized spacial score (nSPS) is 20.3. The van der Waals surface area contributed by atoms with Gasteiger partial charge >= 0.3 is 5.97 Å². The molecule has 0 radical (unpaired) electrons. The van der Waals surface area contributed by atoms with Crippen molar-refractivity contribution in [2.45, 2.75) is 50.5 Å². The summed E-state index contributed by atoms with van der Waals surface area (Å²) in [6, 6.07) is 9.52. The van der Waals surface area contributed by atoms with Gasteiger partial charge in [-0.3, -0.25) is 4.79 Å². The van der Waals surface area contributed by atoms with E-state index < -0.39 is 5.97 Å². The number of ether oxygens (including phenoxy) is 1. The van der Waals surface area contributed by atoms with Gasteiger partial charge in [0.25, 0.3) is 0 Å². The van der Waals surface area contributed by atoms with Gasteiger partial charge in [-0.05, 0) is 31.2 Å². The van der Waals surface area contributed by atoms with E-state index in [1.807, 2.05) is 30.3 Å². The van der Waals surface area contributed by atoms with Gasteiger partial charge in [-0.25, -0.2) is 0 Å². The molecular weight excluding hydrogens is 240 g/mol. The molecule has 0 aromatic heterocycles. The summed E-state index contributed by atoms with van der Waals surface area (Å²) < 4.78 is 5.58. The Labute approximate surface area is 114 Å². The molecule has 0 amide bonds. The second kappa shape index (κ2) is 7.29. The third kappa shape index (κ3) is 4.35. The quantitative estimate of drug-likeness (QED) is 0.764. The molecule has 2 atom stereocenters. The molecule has 104 valence electrons. The number of hydrogen-bond acceptors (Lipinski definition) is 2. The van der Waals surface area contributed by atoms with Gasteiger partial charge in [0.05, 0.1) is 12.0 Å². The summed E-state index contributed by atoms with van der Waals surface area (Å²) in [5, 5.41) is 9.31. The molecule has 0 bridgehead atoms. The SMILES string of the molecule is O=C(O)C(CCCCC1CCCO1)c1ccccc1.